The molecule has 0 spiro atoms. The molecule has 1 atom stereocenters. The molecule has 1 unspecified atom stereocenters. The highest BCUT2D eigenvalue weighted by Crippen LogP contribution is 2.27. The van der Waals surface area contributed by atoms with Crippen LogP contribution in [0.3, 0.4) is 0 Å². The van der Waals surface area contributed by atoms with E-state index in [4.69, 9.17) is 21.1 Å². The molecule has 2 fully saturated rings. The van der Waals surface area contributed by atoms with E-state index < -0.39 is 17.3 Å². The molecule has 2 N–H and O–H groups in total. The Morgan fingerprint density at radius 2 is 1.86 bits per heavy atom. The Kier molecular flexibility index (Phi) is 9.85. The highest BCUT2D eigenvalue weighted by Gasteiger charge is 2.26. The number of para-hydroxylation sites is 1. The van der Waals surface area contributed by atoms with Crippen molar-refractivity contribution in [2.45, 2.75) is 58.2 Å². The topological polar surface area (TPSA) is 109 Å². The van der Waals surface area contributed by atoms with Crippen molar-refractivity contribution >= 4 is 46.6 Å². The fourth-order valence-electron chi connectivity index (χ4n) is 5.18. The van der Waals surface area contributed by atoms with E-state index in [0.717, 1.165) is 30.8 Å². The predicted octanol–water partition coefficient (Wildman–Crippen LogP) is 6.43. The number of ether oxygens (including phenoxy) is 2. The average molecular weight is 625 g/mol. The Labute approximate surface area is 261 Å². The first-order valence-corrected chi connectivity index (χ1v) is 15.3. The number of halogens is 2. The number of aryl methyl sites for hydroxylation is 1. The zero-order valence-corrected chi connectivity index (χ0v) is 26.0. The van der Waals surface area contributed by atoms with Gasteiger partial charge in [-0.3, -0.25) is 4.79 Å². The maximum Gasteiger partial charge on any atom is 0.410 e. The molecular weight excluding hydrogens is 587 g/mol. The maximum absolute atomic E-state index is 14.4. The zero-order chi connectivity index (χ0) is 31.3. The van der Waals surface area contributed by atoms with Crippen LogP contribution in [0.2, 0.25) is 5.02 Å². The minimum absolute atomic E-state index is 0.0854. The number of rotatable bonds is 8. The number of nitrogens with zero attached hydrogens (tertiary/aromatic N) is 4. The summed E-state index contributed by atoms with van der Waals surface area (Å²) in [6, 6.07) is 12.1. The molecule has 234 valence electrons. The number of anilines is 4. The molecule has 1 aromatic heterocycles. The molecule has 12 heteroatoms. The van der Waals surface area contributed by atoms with Gasteiger partial charge in [0.2, 0.25) is 5.95 Å². The van der Waals surface area contributed by atoms with Crippen molar-refractivity contribution in [1.29, 1.82) is 0 Å². The first kappa shape index (κ1) is 31.5. The van der Waals surface area contributed by atoms with Crippen LogP contribution in [-0.4, -0.2) is 71.4 Å². The third-order valence-electron chi connectivity index (χ3n) is 7.46. The lowest BCUT2D eigenvalue weighted by Crippen LogP contribution is -2.50. The minimum Gasteiger partial charge on any atom is -0.444 e. The van der Waals surface area contributed by atoms with Gasteiger partial charge in [-0.1, -0.05) is 17.7 Å². The average Bonchev–Trinajstić information content (AvgIpc) is 3.52. The highest BCUT2D eigenvalue weighted by atomic mass is 35.5. The normalized spacial score (nSPS) is 17.0. The number of piperazine rings is 1. The predicted molar refractivity (Wildman–Crippen MR) is 168 cm³/mol. The smallest absolute Gasteiger partial charge is 0.410 e. The molecule has 0 bridgehead atoms. The molecule has 0 aliphatic carbocycles. The van der Waals surface area contributed by atoms with E-state index in [0.29, 0.717) is 50.7 Å². The second-order valence-corrected chi connectivity index (χ2v) is 12.3. The summed E-state index contributed by atoms with van der Waals surface area (Å²) in [7, 11) is 0. The molecule has 3 aromatic rings. The molecule has 2 aliphatic heterocycles. The first-order valence-electron chi connectivity index (χ1n) is 14.9. The SMILES string of the molecule is CC(C)(C)OC(=O)N1CCN(c2ccc(Nc3ncc(C(=O)Nc4c(F)cccc4Cl)c(CCC4CCCO4)n3)cc2)CC1. The van der Waals surface area contributed by atoms with Gasteiger partial charge in [0.25, 0.3) is 5.91 Å². The lowest BCUT2D eigenvalue weighted by Gasteiger charge is -2.36. The molecule has 0 radical (unpaired) electrons. The van der Waals surface area contributed by atoms with Crippen molar-refractivity contribution in [3.05, 3.63) is 70.8 Å². The molecular formula is C32H38ClFN6O4. The molecule has 44 heavy (non-hydrogen) atoms. The molecule has 0 saturated carbocycles. The van der Waals surface area contributed by atoms with E-state index >= 15 is 0 Å². The Bertz CT molecular complexity index is 1450. The summed E-state index contributed by atoms with van der Waals surface area (Å²) >= 11 is 6.13. The molecule has 3 heterocycles. The summed E-state index contributed by atoms with van der Waals surface area (Å²) < 4.78 is 25.6. The van der Waals surface area contributed by atoms with Gasteiger partial charge in [0.15, 0.2) is 0 Å². The summed E-state index contributed by atoms with van der Waals surface area (Å²) in [5.41, 5.74) is 1.99. The third kappa shape index (κ3) is 8.15. The zero-order valence-electron chi connectivity index (χ0n) is 25.2. The standard InChI is InChI=1S/C32H38ClFN6O4/c1-32(2,3)44-31(42)40-17-15-39(16-18-40)22-11-9-21(10-12-22)36-30-35-20-24(27(37-30)14-13-23-6-5-19-43-23)29(41)38-28-25(33)7-4-8-26(28)34/h4,7-12,20,23H,5-6,13-19H2,1-3H3,(H,38,41)(H,35,36,37). The van der Waals surface area contributed by atoms with Gasteiger partial charge in [0.05, 0.1) is 28.1 Å². The van der Waals surface area contributed by atoms with E-state index in [-0.39, 0.29) is 28.5 Å². The summed E-state index contributed by atoms with van der Waals surface area (Å²) in [6.45, 7) is 8.89. The Balaban J connectivity index is 1.25. The Morgan fingerprint density at radius 3 is 2.52 bits per heavy atom. The number of hydrogen-bond acceptors (Lipinski definition) is 8. The van der Waals surface area contributed by atoms with E-state index in [1.807, 2.05) is 45.0 Å². The van der Waals surface area contributed by atoms with Crippen LogP contribution in [0.4, 0.5) is 32.2 Å². The van der Waals surface area contributed by atoms with Crippen molar-refractivity contribution < 1.29 is 23.5 Å². The van der Waals surface area contributed by atoms with E-state index in [2.05, 4.69) is 25.5 Å². The van der Waals surface area contributed by atoms with Gasteiger partial charge in [-0.25, -0.2) is 19.2 Å². The van der Waals surface area contributed by atoms with Crippen LogP contribution in [-0.2, 0) is 15.9 Å². The van der Waals surface area contributed by atoms with Crippen LogP contribution < -0.4 is 15.5 Å². The summed E-state index contributed by atoms with van der Waals surface area (Å²) in [5, 5.41) is 5.91. The summed E-state index contributed by atoms with van der Waals surface area (Å²) in [5.74, 6) is -0.826. The van der Waals surface area contributed by atoms with Crippen LogP contribution in [0, 0.1) is 5.82 Å². The quantitative estimate of drug-likeness (QED) is 0.295. The van der Waals surface area contributed by atoms with Gasteiger partial charge in [-0.2, -0.15) is 0 Å². The lowest BCUT2D eigenvalue weighted by atomic mass is 10.1. The molecule has 2 saturated heterocycles. The number of carbonyl (C=O) groups is 2. The van der Waals surface area contributed by atoms with Crippen LogP contribution >= 0.6 is 11.6 Å². The molecule has 2 amide bonds. The lowest BCUT2D eigenvalue weighted by molar-refractivity contribution is 0.0240. The first-order chi connectivity index (χ1) is 21.1. The van der Waals surface area contributed by atoms with Gasteiger partial charge in [0, 0.05) is 50.4 Å². The van der Waals surface area contributed by atoms with Crippen LogP contribution in [0.15, 0.2) is 48.7 Å². The van der Waals surface area contributed by atoms with Crippen LogP contribution in [0.5, 0.6) is 0 Å². The molecule has 2 aliphatic rings. The highest BCUT2D eigenvalue weighted by molar-refractivity contribution is 6.34. The number of benzene rings is 2. The second kappa shape index (κ2) is 13.8. The van der Waals surface area contributed by atoms with Gasteiger partial charge in [0.1, 0.15) is 11.4 Å². The number of carbonyl (C=O) groups excluding carboxylic acids is 2. The van der Waals surface area contributed by atoms with Crippen molar-refractivity contribution in [2.75, 3.05) is 48.3 Å². The maximum atomic E-state index is 14.4. The number of aromatic nitrogens is 2. The van der Waals surface area contributed by atoms with Crippen LogP contribution in [0.1, 0.15) is 56.1 Å². The van der Waals surface area contributed by atoms with Crippen molar-refractivity contribution in [3.63, 3.8) is 0 Å². The number of hydrogen-bond donors (Lipinski definition) is 2. The molecule has 2 aromatic carbocycles. The van der Waals surface area contributed by atoms with Crippen molar-refractivity contribution in [2.24, 2.45) is 0 Å². The number of amides is 2. The molecule has 5 rings (SSSR count). The van der Waals surface area contributed by atoms with Crippen molar-refractivity contribution in [1.82, 2.24) is 14.9 Å². The fourth-order valence-corrected chi connectivity index (χ4v) is 5.39. The third-order valence-corrected chi connectivity index (χ3v) is 7.78. The van der Waals surface area contributed by atoms with E-state index in [1.165, 1.54) is 24.4 Å². The van der Waals surface area contributed by atoms with E-state index in [1.54, 1.807) is 4.90 Å². The fraction of sp³-hybridized carbons (Fsp3) is 0.438. The van der Waals surface area contributed by atoms with Gasteiger partial charge in [-0.15, -0.1) is 0 Å². The van der Waals surface area contributed by atoms with Gasteiger partial charge in [-0.05, 0) is 82.9 Å². The summed E-state index contributed by atoms with van der Waals surface area (Å²) in [6.07, 6.45) is 4.43. The van der Waals surface area contributed by atoms with Crippen molar-refractivity contribution in [3.8, 4) is 0 Å². The minimum atomic E-state index is -0.626. The molecule has 10 nitrogen and oxygen atoms in total. The van der Waals surface area contributed by atoms with E-state index in [9.17, 15) is 14.0 Å². The number of nitrogens with one attached hydrogen (secondary N) is 2. The largest absolute Gasteiger partial charge is 0.444 e. The Morgan fingerprint density at radius 1 is 1.11 bits per heavy atom. The van der Waals surface area contributed by atoms with Gasteiger partial charge < -0.3 is 29.9 Å². The second-order valence-electron chi connectivity index (χ2n) is 11.9. The summed E-state index contributed by atoms with van der Waals surface area (Å²) in [4.78, 5) is 38.6. The monoisotopic (exact) mass is 624 g/mol. The van der Waals surface area contributed by atoms with Gasteiger partial charge >= 0.3 is 6.09 Å². The Hall–Kier alpha value is -3.96. The van der Waals surface area contributed by atoms with Crippen LogP contribution in [0.25, 0.3) is 0 Å².